The molecule has 0 aliphatic heterocycles. The van der Waals surface area contributed by atoms with E-state index in [1.807, 2.05) is 0 Å². The molecule has 2 aliphatic rings. The highest BCUT2D eigenvalue weighted by atomic mass is 16.5. The Balaban J connectivity index is 0.766. The molecule has 0 N–H and O–H groups in total. The zero-order valence-electron chi connectivity index (χ0n) is 51.0. The number of nitrogens with zero attached hydrogens (tertiary/aromatic N) is 2. The summed E-state index contributed by atoms with van der Waals surface area (Å²) in [6.45, 7) is 4.69. The lowest BCUT2D eigenvalue weighted by Crippen LogP contribution is -2.28. The number of fused-ring (bicyclic) bond motifs is 4. The average molecular weight is 1160 g/mol. The van der Waals surface area contributed by atoms with Crippen molar-refractivity contribution in [1.82, 2.24) is 0 Å². The van der Waals surface area contributed by atoms with Gasteiger partial charge in [0.2, 0.25) is 0 Å². The lowest BCUT2D eigenvalue weighted by molar-refractivity contribution is 0.481. The molecule has 0 radical (unpaired) electrons. The van der Waals surface area contributed by atoms with Crippen LogP contribution in [0.15, 0.2) is 328 Å². The molecule has 90 heavy (non-hydrogen) atoms. The first-order chi connectivity index (χ1) is 44.4. The van der Waals surface area contributed by atoms with Gasteiger partial charge in [-0.25, -0.2) is 0 Å². The van der Waals surface area contributed by atoms with Gasteiger partial charge >= 0.3 is 0 Å². The number of benzene rings is 13. The van der Waals surface area contributed by atoms with Crippen LogP contribution in [0, 0.1) is 0 Å². The fourth-order valence-corrected chi connectivity index (χ4v) is 14.2. The van der Waals surface area contributed by atoms with Crippen LogP contribution in [-0.4, -0.2) is 0 Å². The maximum atomic E-state index is 6.77. The number of anilines is 6. The van der Waals surface area contributed by atoms with Gasteiger partial charge in [0.1, 0.15) is 11.5 Å². The highest BCUT2D eigenvalue weighted by Crippen LogP contribution is 2.58. The molecule has 0 amide bonds. The maximum Gasteiger partial charge on any atom is 0.127 e. The van der Waals surface area contributed by atoms with Crippen LogP contribution < -0.4 is 14.5 Å². The molecule has 3 nitrogen and oxygen atoms in total. The van der Waals surface area contributed by atoms with Crippen molar-refractivity contribution < 1.29 is 4.74 Å². The maximum absolute atomic E-state index is 6.77. The predicted molar refractivity (Wildman–Crippen MR) is 376 cm³/mol. The first kappa shape index (κ1) is 55.8. The molecule has 2 atom stereocenters. The molecule has 0 bridgehead atoms. The second-order valence-corrected chi connectivity index (χ2v) is 24.3. The van der Waals surface area contributed by atoms with Crippen molar-refractivity contribution in [3.63, 3.8) is 0 Å². The van der Waals surface area contributed by atoms with E-state index < -0.39 is 5.41 Å². The largest absolute Gasteiger partial charge is 0.457 e. The van der Waals surface area contributed by atoms with Crippen molar-refractivity contribution in [1.29, 1.82) is 0 Å². The highest BCUT2D eigenvalue weighted by molar-refractivity contribution is 5.91. The summed E-state index contributed by atoms with van der Waals surface area (Å²) < 4.78 is 6.77. The Hall–Kier alpha value is -10.7. The van der Waals surface area contributed by atoms with Gasteiger partial charge < -0.3 is 14.5 Å². The molecular formula is C87H70N2O. The zero-order chi connectivity index (χ0) is 60.4. The third-order valence-corrected chi connectivity index (χ3v) is 19.0. The summed E-state index contributed by atoms with van der Waals surface area (Å²) in [4.78, 5) is 4.64. The molecule has 0 heterocycles. The average Bonchev–Trinajstić information content (AvgIpc) is 1.54. The second-order valence-electron chi connectivity index (χ2n) is 24.3. The Kier molecular flexibility index (Phi) is 15.2. The number of para-hydroxylation sites is 4. The van der Waals surface area contributed by atoms with Crippen LogP contribution in [0.2, 0.25) is 0 Å². The smallest absolute Gasteiger partial charge is 0.127 e. The van der Waals surface area contributed by atoms with Gasteiger partial charge in [0, 0.05) is 34.1 Å². The molecule has 434 valence electrons. The molecule has 15 rings (SSSR count). The van der Waals surface area contributed by atoms with E-state index in [0.29, 0.717) is 11.8 Å². The third kappa shape index (κ3) is 10.7. The molecule has 2 aliphatic carbocycles. The molecule has 0 fully saturated rings. The van der Waals surface area contributed by atoms with Gasteiger partial charge in [-0.05, 0) is 236 Å². The van der Waals surface area contributed by atoms with E-state index in [9.17, 15) is 0 Å². The quantitative estimate of drug-likeness (QED) is 0.0852. The van der Waals surface area contributed by atoms with Crippen LogP contribution in [-0.2, 0) is 18.3 Å². The second kappa shape index (κ2) is 24.4. The fraction of sp³-hybridized carbons (Fsp3) is 0.103. The SMILES string of the molecule is CCC(CC(C)c1ccc(-c2ccc3c(c2)CC3)cc1)c1ccc(Oc2ccc(C3(c4ccccc4)c4cc(-c5ccc(N(c6ccccc6)c6ccccc6)cc5)ccc4-c4ccc(-c5ccc(N(c6ccccc6)c6ccccc6)cc5)cc43)cc2)cc1. The fourth-order valence-electron chi connectivity index (χ4n) is 14.2. The van der Waals surface area contributed by atoms with Crippen LogP contribution >= 0.6 is 0 Å². The summed E-state index contributed by atoms with van der Waals surface area (Å²) >= 11 is 0. The number of aryl methyl sites for hydroxylation is 2. The molecule has 13 aromatic carbocycles. The van der Waals surface area contributed by atoms with Gasteiger partial charge in [-0.3, -0.25) is 0 Å². The molecule has 0 saturated heterocycles. The van der Waals surface area contributed by atoms with Crippen LogP contribution in [0.25, 0.3) is 44.5 Å². The molecule has 0 spiro atoms. The highest BCUT2D eigenvalue weighted by Gasteiger charge is 2.46. The van der Waals surface area contributed by atoms with Gasteiger partial charge in [0.25, 0.3) is 0 Å². The Morgan fingerprint density at radius 2 is 0.689 bits per heavy atom. The van der Waals surface area contributed by atoms with Crippen molar-refractivity contribution in [2.45, 2.75) is 56.8 Å². The minimum absolute atomic E-state index is 0.429. The van der Waals surface area contributed by atoms with E-state index in [1.165, 1.54) is 79.6 Å². The monoisotopic (exact) mass is 1160 g/mol. The Bertz CT molecular complexity index is 4330. The van der Waals surface area contributed by atoms with Gasteiger partial charge in [0.05, 0.1) is 5.41 Å². The lowest BCUT2D eigenvalue weighted by Gasteiger charge is -2.34. The van der Waals surface area contributed by atoms with E-state index in [4.69, 9.17) is 4.74 Å². The van der Waals surface area contributed by atoms with Crippen LogP contribution in [0.1, 0.15) is 83.0 Å². The molecule has 13 aromatic rings. The van der Waals surface area contributed by atoms with Crippen molar-refractivity contribution >= 4 is 34.1 Å². The van der Waals surface area contributed by atoms with Gasteiger partial charge in [-0.2, -0.15) is 0 Å². The van der Waals surface area contributed by atoms with E-state index >= 15 is 0 Å². The summed E-state index contributed by atoms with van der Waals surface area (Å²) in [6, 6.07) is 120. The van der Waals surface area contributed by atoms with Crippen molar-refractivity contribution in [2.75, 3.05) is 9.80 Å². The van der Waals surface area contributed by atoms with E-state index in [1.54, 1.807) is 0 Å². The molecule has 0 aromatic heterocycles. The summed E-state index contributed by atoms with van der Waals surface area (Å²) in [7, 11) is 0. The molecule has 2 unspecified atom stereocenters. The summed E-state index contributed by atoms with van der Waals surface area (Å²) in [5, 5.41) is 0. The summed E-state index contributed by atoms with van der Waals surface area (Å²) in [6.07, 6.45) is 4.57. The summed E-state index contributed by atoms with van der Waals surface area (Å²) in [5.74, 6) is 2.48. The molecular weight excluding hydrogens is 1090 g/mol. The van der Waals surface area contributed by atoms with E-state index in [2.05, 4.69) is 351 Å². The van der Waals surface area contributed by atoms with E-state index in [0.717, 1.165) is 80.7 Å². The summed E-state index contributed by atoms with van der Waals surface area (Å²) in [5.41, 5.74) is 26.3. The third-order valence-electron chi connectivity index (χ3n) is 19.0. The van der Waals surface area contributed by atoms with Crippen molar-refractivity contribution in [2.24, 2.45) is 0 Å². The van der Waals surface area contributed by atoms with Gasteiger partial charge in [0.15, 0.2) is 0 Å². The van der Waals surface area contributed by atoms with Crippen LogP contribution in [0.4, 0.5) is 34.1 Å². The van der Waals surface area contributed by atoms with Crippen molar-refractivity contribution in [3.05, 3.63) is 372 Å². The van der Waals surface area contributed by atoms with Crippen LogP contribution in [0.5, 0.6) is 11.5 Å². The van der Waals surface area contributed by atoms with Gasteiger partial charge in [-0.15, -0.1) is 0 Å². The first-order valence-electron chi connectivity index (χ1n) is 31.9. The molecule has 3 heteroatoms. The topological polar surface area (TPSA) is 15.7 Å². The van der Waals surface area contributed by atoms with E-state index in [-0.39, 0.29) is 0 Å². The van der Waals surface area contributed by atoms with Gasteiger partial charge in [-0.1, -0.05) is 232 Å². The Labute approximate surface area is 530 Å². The minimum Gasteiger partial charge on any atom is -0.457 e. The number of hydrogen-bond acceptors (Lipinski definition) is 3. The minimum atomic E-state index is -0.691. The van der Waals surface area contributed by atoms with Crippen LogP contribution in [0.3, 0.4) is 0 Å². The first-order valence-corrected chi connectivity index (χ1v) is 31.9. The number of ether oxygens (including phenoxy) is 1. The standard InChI is InChI=1S/C87H70N2O/c1-3-62(57-61(2)63-29-31-65(32-30-63)69-35-33-66-34-36-70(66)58-69)64-41-51-81(52-42-64)90-82-53-45-74(46-54-82)87(73-19-9-4-10-20-73)85-59-71(67-37-47-79(48-38-67)88(75-21-11-5-12-22-75)76-23-13-6-14-24-76)43-55-83(85)84-56-44-72(60-86(84)87)68-39-49-80(50-40-68)89(77-25-15-7-16-26-77)78-27-17-8-18-28-78/h4-33,35,37-56,58-62H,3,34,36,57H2,1-2H3. The zero-order valence-corrected chi connectivity index (χ0v) is 51.0. The normalized spacial score (nSPS) is 13.2. The predicted octanol–water partition coefficient (Wildman–Crippen LogP) is 23.6. The lowest BCUT2D eigenvalue weighted by atomic mass is 9.67. The Morgan fingerprint density at radius 3 is 1.11 bits per heavy atom. The number of hydrogen-bond donors (Lipinski definition) is 0. The Morgan fingerprint density at radius 1 is 0.333 bits per heavy atom. The number of rotatable bonds is 18. The molecule has 0 saturated carbocycles. The van der Waals surface area contributed by atoms with Crippen molar-refractivity contribution in [3.8, 4) is 56.0 Å².